The molecule has 1 heterocycles. The molecule has 6 nitrogen and oxygen atoms in total. The Hall–Kier alpha value is -3.02. The maximum Gasteiger partial charge on any atom is 0.323 e. The van der Waals surface area contributed by atoms with Gasteiger partial charge in [-0.25, -0.2) is 4.79 Å². The first-order valence-corrected chi connectivity index (χ1v) is 10.9. The van der Waals surface area contributed by atoms with Gasteiger partial charge in [-0.15, -0.1) is 0 Å². The SMILES string of the molecule is CCc1cccc(NC(=O)Nc2ccc(N3CCCC3)c(C(=O)N[C@H](C)CC)c2)c1. The average molecular weight is 409 g/mol. The second-order valence-electron chi connectivity index (χ2n) is 7.84. The minimum absolute atomic E-state index is 0.0923. The quantitative estimate of drug-likeness (QED) is 0.602. The van der Waals surface area contributed by atoms with E-state index in [1.807, 2.05) is 50.2 Å². The van der Waals surface area contributed by atoms with E-state index in [1.165, 1.54) is 0 Å². The van der Waals surface area contributed by atoms with Crippen LogP contribution in [0.1, 0.15) is 56.0 Å². The van der Waals surface area contributed by atoms with E-state index in [2.05, 4.69) is 27.8 Å². The van der Waals surface area contributed by atoms with Crippen LogP contribution in [0.25, 0.3) is 0 Å². The van der Waals surface area contributed by atoms with Gasteiger partial charge in [0.2, 0.25) is 0 Å². The lowest BCUT2D eigenvalue weighted by Gasteiger charge is -2.23. The molecule has 3 rings (SSSR count). The summed E-state index contributed by atoms with van der Waals surface area (Å²) in [6.45, 7) is 8.01. The molecule has 1 atom stereocenters. The highest BCUT2D eigenvalue weighted by atomic mass is 16.2. The van der Waals surface area contributed by atoms with Gasteiger partial charge >= 0.3 is 6.03 Å². The van der Waals surface area contributed by atoms with Crippen LogP contribution in [0, 0.1) is 0 Å². The Morgan fingerprint density at radius 2 is 1.70 bits per heavy atom. The van der Waals surface area contributed by atoms with Crippen LogP contribution in [-0.4, -0.2) is 31.1 Å². The van der Waals surface area contributed by atoms with Crippen molar-refractivity contribution in [3.05, 3.63) is 53.6 Å². The third-order valence-corrected chi connectivity index (χ3v) is 5.53. The monoisotopic (exact) mass is 408 g/mol. The van der Waals surface area contributed by atoms with Crippen LogP contribution in [0.5, 0.6) is 0 Å². The Kier molecular flexibility index (Phi) is 7.33. The zero-order chi connectivity index (χ0) is 21.5. The summed E-state index contributed by atoms with van der Waals surface area (Å²) < 4.78 is 0. The fraction of sp³-hybridized carbons (Fsp3) is 0.417. The van der Waals surface area contributed by atoms with Crippen molar-refractivity contribution in [1.82, 2.24) is 5.32 Å². The van der Waals surface area contributed by atoms with Crippen LogP contribution in [0.3, 0.4) is 0 Å². The molecule has 1 saturated heterocycles. The Morgan fingerprint density at radius 1 is 1.00 bits per heavy atom. The topological polar surface area (TPSA) is 73.5 Å². The lowest BCUT2D eigenvalue weighted by molar-refractivity contribution is 0.0939. The number of aryl methyl sites for hydroxylation is 1. The predicted octanol–water partition coefficient (Wildman–Crippen LogP) is 5.02. The number of rotatable bonds is 7. The van der Waals surface area contributed by atoms with Gasteiger partial charge in [-0.1, -0.05) is 26.0 Å². The molecule has 1 aliphatic rings. The van der Waals surface area contributed by atoms with E-state index in [1.54, 1.807) is 6.07 Å². The maximum atomic E-state index is 12.9. The Bertz CT molecular complexity index is 891. The van der Waals surface area contributed by atoms with E-state index in [4.69, 9.17) is 0 Å². The fourth-order valence-corrected chi connectivity index (χ4v) is 3.60. The normalized spacial score (nSPS) is 14.3. The molecule has 30 heavy (non-hydrogen) atoms. The highest BCUT2D eigenvalue weighted by Crippen LogP contribution is 2.28. The number of hydrogen-bond donors (Lipinski definition) is 3. The van der Waals surface area contributed by atoms with E-state index in [0.717, 1.165) is 55.7 Å². The number of nitrogens with one attached hydrogen (secondary N) is 3. The molecular weight excluding hydrogens is 376 g/mol. The average Bonchev–Trinajstić information content (AvgIpc) is 3.28. The third kappa shape index (κ3) is 5.53. The molecule has 6 heteroatoms. The van der Waals surface area contributed by atoms with Crippen LogP contribution < -0.4 is 20.9 Å². The maximum absolute atomic E-state index is 12.9. The molecule has 3 N–H and O–H groups in total. The minimum Gasteiger partial charge on any atom is -0.371 e. The van der Waals surface area contributed by atoms with E-state index in [-0.39, 0.29) is 18.0 Å². The van der Waals surface area contributed by atoms with E-state index in [9.17, 15) is 9.59 Å². The zero-order valence-electron chi connectivity index (χ0n) is 18.1. The molecule has 0 bridgehead atoms. The van der Waals surface area contributed by atoms with Crippen molar-refractivity contribution < 1.29 is 9.59 Å². The van der Waals surface area contributed by atoms with Crippen molar-refractivity contribution in [3.8, 4) is 0 Å². The number of urea groups is 1. The van der Waals surface area contributed by atoms with Gasteiger partial charge in [0.25, 0.3) is 5.91 Å². The number of carbonyl (C=O) groups excluding carboxylic acids is 2. The molecule has 0 aromatic heterocycles. The van der Waals surface area contributed by atoms with Gasteiger partial charge in [0, 0.05) is 36.2 Å². The summed E-state index contributed by atoms with van der Waals surface area (Å²) in [5.41, 5.74) is 4.02. The summed E-state index contributed by atoms with van der Waals surface area (Å²) in [6.07, 6.45) is 4.03. The third-order valence-electron chi connectivity index (χ3n) is 5.53. The van der Waals surface area contributed by atoms with Crippen LogP contribution in [0.15, 0.2) is 42.5 Å². The number of hydrogen-bond acceptors (Lipinski definition) is 3. The molecule has 0 unspecified atom stereocenters. The minimum atomic E-state index is -0.328. The van der Waals surface area contributed by atoms with Crippen LogP contribution in [0.4, 0.5) is 21.9 Å². The van der Waals surface area contributed by atoms with Gasteiger partial charge in [-0.2, -0.15) is 0 Å². The van der Waals surface area contributed by atoms with Crippen molar-refractivity contribution in [3.63, 3.8) is 0 Å². The number of benzene rings is 2. The first-order chi connectivity index (χ1) is 14.5. The fourth-order valence-electron chi connectivity index (χ4n) is 3.60. The molecule has 2 aromatic rings. The first-order valence-electron chi connectivity index (χ1n) is 10.9. The lowest BCUT2D eigenvalue weighted by atomic mass is 10.1. The molecule has 0 radical (unpaired) electrons. The molecule has 1 aliphatic heterocycles. The van der Waals surface area contributed by atoms with Gasteiger partial charge in [-0.3, -0.25) is 4.79 Å². The lowest BCUT2D eigenvalue weighted by Crippen LogP contribution is -2.33. The summed E-state index contributed by atoms with van der Waals surface area (Å²) in [6, 6.07) is 13.1. The number of amides is 3. The number of anilines is 3. The van der Waals surface area contributed by atoms with Crippen LogP contribution in [0.2, 0.25) is 0 Å². The molecule has 0 aliphatic carbocycles. The van der Waals surface area contributed by atoms with Gasteiger partial charge < -0.3 is 20.9 Å². The van der Waals surface area contributed by atoms with Gasteiger partial charge in [0.1, 0.15) is 0 Å². The second kappa shape index (κ2) is 10.1. The van der Waals surface area contributed by atoms with E-state index < -0.39 is 0 Å². The molecule has 160 valence electrons. The summed E-state index contributed by atoms with van der Waals surface area (Å²) in [5, 5.41) is 8.77. The summed E-state index contributed by atoms with van der Waals surface area (Å²) >= 11 is 0. The van der Waals surface area contributed by atoms with Crippen molar-refractivity contribution in [2.45, 2.75) is 52.5 Å². The standard InChI is InChI=1S/C24H32N4O2/c1-4-17(3)25-23(29)21-16-20(11-12-22(21)28-13-6-7-14-28)27-24(30)26-19-10-8-9-18(5-2)15-19/h8-12,15-17H,4-7,13-14H2,1-3H3,(H,25,29)(H2,26,27,30)/t17-/m1/s1. The summed E-state index contributed by atoms with van der Waals surface area (Å²) in [4.78, 5) is 27.7. The van der Waals surface area contributed by atoms with Gasteiger partial charge in [0.05, 0.1) is 5.56 Å². The van der Waals surface area contributed by atoms with Crippen molar-refractivity contribution in [1.29, 1.82) is 0 Å². The van der Waals surface area contributed by atoms with Crippen molar-refractivity contribution in [2.75, 3.05) is 28.6 Å². The number of carbonyl (C=O) groups is 2. The highest BCUT2D eigenvalue weighted by Gasteiger charge is 2.21. The Balaban J connectivity index is 1.78. The molecular formula is C24H32N4O2. The molecule has 2 aromatic carbocycles. The van der Waals surface area contributed by atoms with E-state index in [0.29, 0.717) is 11.3 Å². The predicted molar refractivity (Wildman–Crippen MR) is 124 cm³/mol. The zero-order valence-corrected chi connectivity index (χ0v) is 18.1. The molecule has 0 saturated carbocycles. The Morgan fingerprint density at radius 3 is 2.37 bits per heavy atom. The molecule has 3 amide bonds. The van der Waals surface area contributed by atoms with E-state index >= 15 is 0 Å². The molecule has 0 spiro atoms. The van der Waals surface area contributed by atoms with Crippen LogP contribution in [-0.2, 0) is 6.42 Å². The molecule has 1 fully saturated rings. The van der Waals surface area contributed by atoms with Crippen molar-refractivity contribution >= 4 is 29.0 Å². The highest BCUT2D eigenvalue weighted by molar-refractivity contribution is 6.04. The van der Waals surface area contributed by atoms with Gasteiger partial charge in [0.15, 0.2) is 0 Å². The number of nitrogens with zero attached hydrogens (tertiary/aromatic N) is 1. The van der Waals surface area contributed by atoms with Gasteiger partial charge in [-0.05, 0) is 68.5 Å². The largest absolute Gasteiger partial charge is 0.371 e. The second-order valence-corrected chi connectivity index (χ2v) is 7.84. The summed E-state index contributed by atoms with van der Waals surface area (Å²) in [5.74, 6) is -0.106. The smallest absolute Gasteiger partial charge is 0.323 e. The van der Waals surface area contributed by atoms with Crippen molar-refractivity contribution in [2.24, 2.45) is 0 Å². The first kappa shape index (κ1) is 21.7. The Labute approximate surface area is 179 Å². The summed E-state index contributed by atoms with van der Waals surface area (Å²) in [7, 11) is 0. The van der Waals surface area contributed by atoms with Crippen LogP contribution >= 0.6 is 0 Å².